The molecule has 1 heteroatoms. The van der Waals surface area contributed by atoms with E-state index in [1.807, 2.05) is 11.3 Å². The smallest absolute Gasteiger partial charge is 0.0713 e. The van der Waals surface area contributed by atoms with Crippen molar-refractivity contribution in [1.82, 2.24) is 0 Å². The minimum absolute atomic E-state index is 0.0894. The first-order valence-corrected chi connectivity index (χ1v) is 26.1. The minimum atomic E-state index is -0.435. The first-order chi connectivity index (χ1) is 35.5. The minimum Gasteiger partial charge on any atom is -0.135 e. The zero-order valence-corrected chi connectivity index (χ0v) is 41.1. The lowest BCUT2D eigenvalue weighted by Crippen LogP contribution is -2.28. The van der Waals surface area contributed by atoms with Crippen molar-refractivity contribution in [2.24, 2.45) is 0 Å². The van der Waals surface area contributed by atoms with Crippen molar-refractivity contribution in [3.8, 4) is 55.6 Å². The number of benzene rings is 11. The second-order valence-corrected chi connectivity index (χ2v) is 21.3. The highest BCUT2D eigenvalue weighted by Crippen LogP contribution is 2.58. The van der Waals surface area contributed by atoms with Crippen molar-refractivity contribution in [2.75, 3.05) is 0 Å². The van der Waals surface area contributed by atoms with E-state index in [0.717, 1.165) is 0 Å². The summed E-state index contributed by atoms with van der Waals surface area (Å²) in [5.41, 5.74) is 23.9. The van der Waals surface area contributed by atoms with Gasteiger partial charge in [-0.1, -0.05) is 244 Å². The molecule has 11 aromatic carbocycles. The first kappa shape index (κ1) is 42.5. The van der Waals surface area contributed by atoms with Gasteiger partial charge in [0.15, 0.2) is 0 Å². The molecule has 0 fully saturated rings. The van der Waals surface area contributed by atoms with E-state index in [-0.39, 0.29) is 11.3 Å². The third-order valence-corrected chi connectivity index (χ3v) is 17.3. The van der Waals surface area contributed by atoms with Crippen LogP contribution in [0.25, 0.3) is 75.8 Å². The summed E-state index contributed by atoms with van der Waals surface area (Å²) in [4.78, 5) is 0. The van der Waals surface area contributed by atoms with Crippen LogP contribution >= 0.6 is 11.3 Å². The number of hydrogen-bond donors (Lipinski definition) is 0. The highest BCUT2D eigenvalue weighted by Gasteiger charge is 2.46. The standard InChI is InChI=1S/C71H50S/c1-70(2)62-35-16-14-33-58(62)69-59(34-20-37-65(69)70)68(57-32-12-10-28-53(57)49-40-42-67-61(45-49)55-30-15-18-38-66(55)72-67)56-31-11-9-27-52(56)48-22-19-21-46(43-48)47-39-41-64-60(44-47)54-29-13-17-36-63(54)71(64,50-23-5-3-6-24-50)51-25-7-4-8-26-51/h3-45,68H,1-2H3. The molecule has 340 valence electrons. The highest BCUT2D eigenvalue weighted by atomic mass is 32.1. The van der Waals surface area contributed by atoms with Crippen LogP contribution in [0.1, 0.15) is 69.8 Å². The highest BCUT2D eigenvalue weighted by molar-refractivity contribution is 7.25. The molecule has 0 saturated carbocycles. The summed E-state index contributed by atoms with van der Waals surface area (Å²) >= 11 is 1.88. The molecule has 14 rings (SSSR count). The molecule has 0 N–H and O–H groups in total. The van der Waals surface area contributed by atoms with Crippen LogP contribution in [0.3, 0.4) is 0 Å². The van der Waals surface area contributed by atoms with Gasteiger partial charge in [0.1, 0.15) is 0 Å². The van der Waals surface area contributed by atoms with E-state index in [0.29, 0.717) is 0 Å². The number of thiophene rings is 1. The van der Waals surface area contributed by atoms with E-state index in [1.54, 1.807) is 0 Å². The van der Waals surface area contributed by atoms with Gasteiger partial charge in [-0.3, -0.25) is 0 Å². The molecule has 1 heterocycles. The van der Waals surface area contributed by atoms with Crippen molar-refractivity contribution in [3.05, 3.63) is 311 Å². The Morgan fingerprint density at radius 2 is 0.806 bits per heavy atom. The fourth-order valence-corrected chi connectivity index (χ4v) is 14.0. The summed E-state index contributed by atoms with van der Waals surface area (Å²) < 4.78 is 2.64. The molecule has 1 unspecified atom stereocenters. The molecule has 12 aromatic rings. The van der Waals surface area contributed by atoms with Gasteiger partial charge in [0, 0.05) is 31.5 Å². The molecule has 1 aromatic heterocycles. The van der Waals surface area contributed by atoms with Crippen LogP contribution < -0.4 is 0 Å². The average molecular weight is 935 g/mol. The SMILES string of the molecule is CC1(C)c2ccccc2-c2c(C(c3ccccc3-c3cccc(-c4ccc5c(c4)-c4ccccc4C5(c4ccccc4)c4ccccc4)c3)c3ccccc3-c3ccc4sc5ccccc5c4c3)cccc21. The number of rotatable bonds is 8. The lowest BCUT2D eigenvalue weighted by atomic mass is 9.67. The van der Waals surface area contributed by atoms with Crippen molar-refractivity contribution >= 4 is 31.5 Å². The molecule has 0 amide bonds. The average Bonchev–Trinajstić information content (AvgIpc) is 4.05. The van der Waals surface area contributed by atoms with E-state index in [2.05, 4.69) is 275 Å². The fourth-order valence-electron chi connectivity index (χ4n) is 12.9. The summed E-state index contributed by atoms with van der Waals surface area (Å²) in [6.45, 7) is 4.79. The molecule has 2 aliphatic carbocycles. The second kappa shape index (κ2) is 16.6. The maximum Gasteiger partial charge on any atom is 0.0713 e. The third kappa shape index (κ3) is 6.37. The second-order valence-electron chi connectivity index (χ2n) is 20.2. The van der Waals surface area contributed by atoms with Crippen LogP contribution in [0.4, 0.5) is 0 Å². The van der Waals surface area contributed by atoms with Gasteiger partial charge in [-0.05, 0) is 136 Å². The molecule has 0 bridgehead atoms. The van der Waals surface area contributed by atoms with E-state index >= 15 is 0 Å². The van der Waals surface area contributed by atoms with Crippen molar-refractivity contribution in [1.29, 1.82) is 0 Å². The molecule has 0 spiro atoms. The lowest BCUT2D eigenvalue weighted by Gasteiger charge is -2.33. The van der Waals surface area contributed by atoms with Gasteiger partial charge >= 0.3 is 0 Å². The van der Waals surface area contributed by atoms with Crippen LogP contribution in [0.2, 0.25) is 0 Å². The maximum absolute atomic E-state index is 2.45. The molecule has 1 atom stereocenters. The van der Waals surface area contributed by atoms with E-state index in [1.165, 1.54) is 126 Å². The summed E-state index contributed by atoms with van der Waals surface area (Å²) in [5.74, 6) is -0.0894. The largest absolute Gasteiger partial charge is 0.135 e. The van der Waals surface area contributed by atoms with Gasteiger partial charge in [0.25, 0.3) is 0 Å². The van der Waals surface area contributed by atoms with Crippen LogP contribution in [-0.4, -0.2) is 0 Å². The van der Waals surface area contributed by atoms with E-state index in [4.69, 9.17) is 0 Å². The molecule has 0 aliphatic heterocycles. The Labute approximate surface area is 426 Å². The van der Waals surface area contributed by atoms with Crippen molar-refractivity contribution in [2.45, 2.75) is 30.6 Å². The monoisotopic (exact) mass is 934 g/mol. The molecular formula is C71H50S. The Hall–Kier alpha value is -8.36. The van der Waals surface area contributed by atoms with Gasteiger partial charge in [-0.2, -0.15) is 0 Å². The van der Waals surface area contributed by atoms with Gasteiger partial charge in [-0.15, -0.1) is 11.3 Å². The Balaban J connectivity index is 0.957. The molecule has 2 aliphatic rings. The fraction of sp³-hybridized carbons (Fsp3) is 0.0704. The molecule has 72 heavy (non-hydrogen) atoms. The Kier molecular flexibility index (Phi) is 9.82. The summed E-state index contributed by atoms with van der Waals surface area (Å²) in [6.07, 6.45) is 0. The zero-order valence-electron chi connectivity index (χ0n) is 40.3. The van der Waals surface area contributed by atoms with Gasteiger partial charge in [0.05, 0.1) is 5.41 Å². The Morgan fingerprint density at radius 3 is 1.54 bits per heavy atom. The Morgan fingerprint density at radius 1 is 0.306 bits per heavy atom. The van der Waals surface area contributed by atoms with E-state index in [9.17, 15) is 0 Å². The molecule has 0 nitrogen and oxygen atoms in total. The topological polar surface area (TPSA) is 0 Å². The predicted molar refractivity (Wildman–Crippen MR) is 304 cm³/mol. The Bertz CT molecular complexity index is 4040. The summed E-state index contributed by atoms with van der Waals surface area (Å²) in [5, 5.41) is 2.63. The quantitative estimate of drug-likeness (QED) is 0.133. The maximum atomic E-state index is 2.45. The summed E-state index contributed by atoms with van der Waals surface area (Å²) in [7, 11) is 0. The van der Waals surface area contributed by atoms with Gasteiger partial charge in [0.2, 0.25) is 0 Å². The normalized spacial score (nSPS) is 14.1. The number of hydrogen-bond acceptors (Lipinski definition) is 1. The van der Waals surface area contributed by atoms with Crippen LogP contribution in [0.5, 0.6) is 0 Å². The number of fused-ring (bicyclic) bond motifs is 9. The third-order valence-electron chi connectivity index (χ3n) is 16.1. The molecule has 0 radical (unpaired) electrons. The van der Waals surface area contributed by atoms with Crippen LogP contribution in [0, 0.1) is 0 Å². The van der Waals surface area contributed by atoms with Gasteiger partial charge in [-0.25, -0.2) is 0 Å². The lowest BCUT2D eigenvalue weighted by molar-refractivity contribution is 0.659. The zero-order chi connectivity index (χ0) is 48.0. The van der Waals surface area contributed by atoms with E-state index < -0.39 is 5.41 Å². The predicted octanol–water partition coefficient (Wildman–Crippen LogP) is 18.9. The molecular weight excluding hydrogens is 885 g/mol. The van der Waals surface area contributed by atoms with Crippen LogP contribution in [-0.2, 0) is 10.8 Å². The van der Waals surface area contributed by atoms with Crippen molar-refractivity contribution < 1.29 is 0 Å². The van der Waals surface area contributed by atoms with Crippen molar-refractivity contribution in [3.63, 3.8) is 0 Å². The first-order valence-electron chi connectivity index (χ1n) is 25.3. The molecule has 0 saturated heterocycles. The van der Waals surface area contributed by atoms with Crippen LogP contribution in [0.15, 0.2) is 261 Å². The van der Waals surface area contributed by atoms with Gasteiger partial charge < -0.3 is 0 Å². The summed E-state index contributed by atoms with van der Waals surface area (Å²) in [6, 6.07) is 98.2.